The van der Waals surface area contributed by atoms with Gasteiger partial charge in [0.05, 0.1) is 18.9 Å². The quantitative estimate of drug-likeness (QED) is 0.274. The van der Waals surface area contributed by atoms with Crippen LogP contribution in [0.3, 0.4) is 0 Å². The van der Waals surface area contributed by atoms with Crippen LogP contribution in [0.5, 0.6) is 0 Å². The molecule has 1 saturated heterocycles. The summed E-state index contributed by atoms with van der Waals surface area (Å²) in [5.74, 6) is 0.602. The van der Waals surface area contributed by atoms with E-state index in [0.29, 0.717) is 27.8 Å². The van der Waals surface area contributed by atoms with Gasteiger partial charge >= 0.3 is 6.09 Å². The summed E-state index contributed by atoms with van der Waals surface area (Å²) in [5, 5.41) is 3.88. The Bertz CT molecular complexity index is 1430. The van der Waals surface area contributed by atoms with Crippen LogP contribution in [0.15, 0.2) is 54.7 Å². The maximum atomic E-state index is 12.8. The smallest absolute Gasteiger partial charge is 0.413 e. The zero-order valence-electron chi connectivity index (χ0n) is 21.5. The van der Waals surface area contributed by atoms with Gasteiger partial charge in [-0.25, -0.2) is 9.78 Å². The fourth-order valence-corrected chi connectivity index (χ4v) is 5.26. The molecule has 1 aliphatic rings. The second kappa shape index (κ2) is 11.7. The lowest BCUT2D eigenvalue weighted by Gasteiger charge is -2.26. The third-order valence-corrected chi connectivity index (χ3v) is 7.06. The Kier molecular flexibility index (Phi) is 8.19. The number of hydrogen-bond donors (Lipinski definition) is 1. The number of rotatable bonds is 7. The number of carbonyl (C=O) groups is 1. The highest BCUT2D eigenvalue weighted by Crippen LogP contribution is 2.28. The number of hydrogen-bond acceptors (Lipinski definition) is 5. The summed E-state index contributed by atoms with van der Waals surface area (Å²) in [5.41, 5.74) is 6.72. The van der Waals surface area contributed by atoms with Crippen LogP contribution in [0.25, 0.3) is 16.8 Å². The SMILES string of the molecule is CCc1nc2c(C)cc(-c3ccc(CN4CCOCC4)cc3)cn2c1NC(=O)OCc1cc(Cl)cc(Cl)c1. The third-order valence-electron chi connectivity index (χ3n) is 6.62. The van der Waals surface area contributed by atoms with E-state index in [1.165, 1.54) is 5.56 Å². The van der Waals surface area contributed by atoms with Crippen LogP contribution in [0, 0.1) is 6.92 Å². The van der Waals surface area contributed by atoms with E-state index in [1.807, 2.05) is 24.4 Å². The Hall–Kier alpha value is -3.10. The van der Waals surface area contributed by atoms with E-state index in [0.717, 1.165) is 60.9 Å². The van der Waals surface area contributed by atoms with Crippen LogP contribution in [0.1, 0.15) is 29.3 Å². The molecule has 2 aromatic carbocycles. The number of nitrogens with zero attached hydrogens (tertiary/aromatic N) is 3. The summed E-state index contributed by atoms with van der Waals surface area (Å²) >= 11 is 12.1. The van der Waals surface area contributed by atoms with E-state index in [4.69, 9.17) is 37.7 Å². The molecule has 198 valence electrons. The van der Waals surface area contributed by atoms with Crippen molar-refractivity contribution >= 4 is 40.8 Å². The molecule has 0 bridgehead atoms. The number of imidazole rings is 1. The van der Waals surface area contributed by atoms with E-state index in [9.17, 15) is 4.79 Å². The summed E-state index contributed by atoms with van der Waals surface area (Å²) in [6.45, 7) is 8.51. The van der Waals surface area contributed by atoms with Gasteiger partial charge in [0.15, 0.2) is 0 Å². The van der Waals surface area contributed by atoms with Crippen LogP contribution in [-0.4, -0.2) is 46.7 Å². The number of morpholine rings is 1. The maximum absolute atomic E-state index is 12.8. The molecule has 38 heavy (non-hydrogen) atoms. The molecule has 4 aromatic rings. The minimum Gasteiger partial charge on any atom is -0.444 e. The number of amides is 1. The Morgan fingerprint density at radius 1 is 1.03 bits per heavy atom. The number of fused-ring (bicyclic) bond motifs is 1. The first kappa shape index (κ1) is 26.5. The van der Waals surface area contributed by atoms with Crippen LogP contribution >= 0.6 is 23.2 Å². The predicted molar refractivity (Wildman–Crippen MR) is 151 cm³/mol. The third kappa shape index (κ3) is 6.13. The van der Waals surface area contributed by atoms with Crippen molar-refractivity contribution in [3.8, 4) is 11.1 Å². The number of nitrogens with one attached hydrogen (secondary N) is 1. The summed E-state index contributed by atoms with van der Waals surface area (Å²) in [4.78, 5) is 19.9. The number of aromatic nitrogens is 2. The normalized spacial score (nSPS) is 14.1. The summed E-state index contributed by atoms with van der Waals surface area (Å²) in [6, 6.07) is 15.8. The topological polar surface area (TPSA) is 68.1 Å². The lowest BCUT2D eigenvalue weighted by Crippen LogP contribution is -2.35. The van der Waals surface area contributed by atoms with Gasteiger partial charge in [-0.2, -0.15) is 0 Å². The molecule has 3 heterocycles. The molecular formula is C29H30Cl2N4O3. The second-order valence-corrected chi connectivity index (χ2v) is 10.3. The van der Waals surface area contributed by atoms with Crippen LogP contribution < -0.4 is 5.32 Å². The average molecular weight is 553 g/mol. The van der Waals surface area contributed by atoms with E-state index >= 15 is 0 Å². The summed E-state index contributed by atoms with van der Waals surface area (Å²) in [6.07, 6.45) is 2.09. The average Bonchev–Trinajstić information content (AvgIpc) is 3.26. The zero-order valence-corrected chi connectivity index (χ0v) is 23.0. The first-order valence-corrected chi connectivity index (χ1v) is 13.4. The maximum Gasteiger partial charge on any atom is 0.413 e. The Morgan fingerprint density at radius 2 is 1.74 bits per heavy atom. The Balaban J connectivity index is 1.36. The number of halogens is 2. The van der Waals surface area contributed by atoms with E-state index in [1.54, 1.807) is 18.2 Å². The highest BCUT2D eigenvalue weighted by atomic mass is 35.5. The first-order chi connectivity index (χ1) is 18.4. The Morgan fingerprint density at radius 3 is 2.42 bits per heavy atom. The molecule has 7 nitrogen and oxygen atoms in total. The number of anilines is 1. The van der Waals surface area contributed by atoms with Crippen LogP contribution in [0.2, 0.25) is 10.0 Å². The fraction of sp³-hybridized carbons (Fsp3) is 0.310. The van der Waals surface area contributed by atoms with Gasteiger partial charge in [-0.3, -0.25) is 14.6 Å². The predicted octanol–water partition coefficient (Wildman–Crippen LogP) is 6.76. The van der Waals surface area contributed by atoms with E-state index < -0.39 is 6.09 Å². The number of carbonyl (C=O) groups excluding carboxylic acids is 1. The van der Waals surface area contributed by atoms with Gasteiger partial charge in [-0.1, -0.05) is 54.4 Å². The first-order valence-electron chi connectivity index (χ1n) is 12.7. The summed E-state index contributed by atoms with van der Waals surface area (Å²) < 4.78 is 12.8. The van der Waals surface area contributed by atoms with Crippen molar-refractivity contribution < 1.29 is 14.3 Å². The van der Waals surface area contributed by atoms with Gasteiger partial charge in [0.25, 0.3) is 0 Å². The lowest BCUT2D eigenvalue weighted by atomic mass is 10.0. The summed E-state index contributed by atoms with van der Waals surface area (Å²) in [7, 11) is 0. The highest BCUT2D eigenvalue weighted by Gasteiger charge is 2.17. The van der Waals surface area contributed by atoms with Crippen LogP contribution in [-0.2, 0) is 29.0 Å². The number of aryl methyl sites for hydroxylation is 2. The molecule has 1 amide bonds. The standard InChI is InChI=1S/C29H30Cl2N4O3/c1-3-26-28(33-29(36)38-18-21-13-24(30)15-25(31)14-21)35-17-23(12-19(2)27(35)32-26)22-6-4-20(5-7-22)16-34-8-10-37-11-9-34/h4-7,12-15,17H,3,8-11,16,18H2,1-2H3,(H,33,36). The van der Waals surface area contributed by atoms with Gasteiger partial charge in [0.2, 0.25) is 0 Å². The number of benzene rings is 2. The van der Waals surface area contributed by atoms with Crippen molar-refractivity contribution in [2.24, 2.45) is 0 Å². The number of pyridine rings is 1. The molecule has 1 aliphatic heterocycles. The lowest BCUT2D eigenvalue weighted by molar-refractivity contribution is 0.0342. The van der Waals surface area contributed by atoms with Crippen molar-refractivity contribution in [1.29, 1.82) is 0 Å². The van der Waals surface area contributed by atoms with Gasteiger partial charge in [0.1, 0.15) is 18.1 Å². The van der Waals surface area contributed by atoms with Crippen molar-refractivity contribution in [1.82, 2.24) is 14.3 Å². The molecule has 0 unspecified atom stereocenters. The van der Waals surface area contributed by atoms with Crippen molar-refractivity contribution in [2.45, 2.75) is 33.4 Å². The molecule has 0 saturated carbocycles. The van der Waals surface area contributed by atoms with Crippen molar-refractivity contribution in [3.63, 3.8) is 0 Å². The second-order valence-electron chi connectivity index (χ2n) is 9.43. The molecule has 1 N–H and O–H groups in total. The van der Waals surface area contributed by atoms with Crippen molar-refractivity contribution in [2.75, 3.05) is 31.6 Å². The Labute approximate surface area is 232 Å². The van der Waals surface area contributed by atoms with Gasteiger partial charge in [0, 0.05) is 35.9 Å². The molecule has 0 radical (unpaired) electrons. The van der Waals surface area contributed by atoms with E-state index in [2.05, 4.69) is 40.5 Å². The molecule has 9 heteroatoms. The minimum atomic E-state index is -0.576. The largest absolute Gasteiger partial charge is 0.444 e. The molecular weight excluding hydrogens is 523 g/mol. The van der Waals surface area contributed by atoms with Gasteiger partial charge in [-0.15, -0.1) is 0 Å². The monoisotopic (exact) mass is 552 g/mol. The molecule has 0 spiro atoms. The molecule has 0 atom stereocenters. The highest BCUT2D eigenvalue weighted by molar-refractivity contribution is 6.34. The van der Waals surface area contributed by atoms with E-state index in [-0.39, 0.29) is 6.61 Å². The van der Waals surface area contributed by atoms with Crippen molar-refractivity contribution in [3.05, 3.63) is 87.2 Å². The molecule has 5 rings (SSSR count). The molecule has 2 aromatic heterocycles. The van der Waals surface area contributed by atoms with Gasteiger partial charge in [-0.05, 0) is 65.4 Å². The van der Waals surface area contributed by atoms with Crippen LogP contribution in [0.4, 0.5) is 10.6 Å². The fourth-order valence-electron chi connectivity index (χ4n) is 4.69. The number of ether oxygens (including phenoxy) is 2. The zero-order chi connectivity index (χ0) is 26.6. The minimum absolute atomic E-state index is 0.0470. The molecule has 0 aliphatic carbocycles. The van der Waals surface area contributed by atoms with Gasteiger partial charge < -0.3 is 9.47 Å². The molecule has 1 fully saturated rings.